The summed E-state index contributed by atoms with van der Waals surface area (Å²) in [6.07, 6.45) is 0.0150. The van der Waals surface area contributed by atoms with Gasteiger partial charge in [-0.3, -0.25) is 0 Å². The normalized spacial score (nSPS) is 13.4. The molecule has 0 radical (unpaired) electrons. The molecular formula is C16H30N4O3. The van der Waals surface area contributed by atoms with Crippen molar-refractivity contribution >= 4 is 6.03 Å². The first-order valence-electron chi connectivity index (χ1n) is 8.15. The van der Waals surface area contributed by atoms with Crippen molar-refractivity contribution in [2.24, 2.45) is 11.3 Å². The third kappa shape index (κ3) is 6.17. The number of rotatable bonds is 8. The number of urea groups is 1. The van der Waals surface area contributed by atoms with E-state index in [2.05, 4.69) is 20.8 Å². The van der Waals surface area contributed by atoms with Gasteiger partial charge in [-0.15, -0.1) is 0 Å². The lowest BCUT2D eigenvalue weighted by Crippen LogP contribution is -2.46. The third-order valence-corrected chi connectivity index (χ3v) is 3.76. The average molecular weight is 326 g/mol. The molecule has 7 nitrogen and oxygen atoms in total. The first-order valence-corrected chi connectivity index (χ1v) is 8.15. The van der Waals surface area contributed by atoms with Crippen LogP contribution in [0.3, 0.4) is 0 Å². The molecule has 1 rings (SSSR count). The summed E-state index contributed by atoms with van der Waals surface area (Å²) in [5.41, 5.74) is -0.385. The summed E-state index contributed by atoms with van der Waals surface area (Å²) in [5, 5.41) is 19.6. The Bertz CT molecular complexity index is 497. The van der Waals surface area contributed by atoms with E-state index < -0.39 is 6.10 Å². The van der Waals surface area contributed by atoms with Crippen molar-refractivity contribution in [2.75, 3.05) is 13.1 Å². The minimum Gasteiger partial charge on any atom is -0.392 e. The molecular weight excluding hydrogens is 296 g/mol. The molecule has 132 valence electrons. The quantitative estimate of drug-likeness (QED) is 0.679. The Balaban J connectivity index is 2.31. The van der Waals surface area contributed by atoms with Crippen LogP contribution in [0.25, 0.3) is 0 Å². The van der Waals surface area contributed by atoms with Crippen LogP contribution < -0.4 is 10.6 Å². The maximum absolute atomic E-state index is 11.8. The van der Waals surface area contributed by atoms with Crippen molar-refractivity contribution in [3.05, 3.63) is 11.7 Å². The second-order valence-corrected chi connectivity index (χ2v) is 7.24. The van der Waals surface area contributed by atoms with E-state index >= 15 is 0 Å². The molecule has 1 heterocycles. The lowest BCUT2D eigenvalue weighted by molar-refractivity contribution is 0.0151. The molecule has 0 spiro atoms. The number of hydrogen-bond donors (Lipinski definition) is 3. The monoisotopic (exact) mass is 326 g/mol. The van der Waals surface area contributed by atoms with Gasteiger partial charge in [0.15, 0.2) is 5.82 Å². The lowest BCUT2D eigenvalue weighted by Gasteiger charge is -2.33. The number of carbonyl (C=O) groups excluding carboxylic acids is 1. The molecule has 0 bridgehead atoms. The summed E-state index contributed by atoms with van der Waals surface area (Å²) < 4.78 is 5.11. The van der Waals surface area contributed by atoms with Gasteiger partial charge in [0.05, 0.1) is 6.10 Å². The lowest BCUT2D eigenvalue weighted by atomic mass is 9.81. The van der Waals surface area contributed by atoms with E-state index in [9.17, 15) is 9.90 Å². The van der Waals surface area contributed by atoms with Crippen LogP contribution in [0.4, 0.5) is 4.79 Å². The highest BCUT2D eigenvalue weighted by Crippen LogP contribution is 2.24. The van der Waals surface area contributed by atoms with E-state index in [0.29, 0.717) is 31.2 Å². The topological polar surface area (TPSA) is 100 Å². The van der Waals surface area contributed by atoms with Crippen LogP contribution in [0, 0.1) is 11.3 Å². The highest BCUT2D eigenvalue weighted by molar-refractivity contribution is 5.73. The largest absolute Gasteiger partial charge is 0.392 e. The Morgan fingerprint density at radius 1 is 1.26 bits per heavy atom. The fourth-order valence-corrected chi connectivity index (χ4v) is 2.26. The van der Waals surface area contributed by atoms with Crippen LogP contribution in [-0.4, -0.2) is 40.5 Å². The van der Waals surface area contributed by atoms with Gasteiger partial charge in [-0.2, -0.15) is 4.98 Å². The zero-order chi connectivity index (χ0) is 17.6. The molecule has 1 aromatic heterocycles. The van der Waals surface area contributed by atoms with Gasteiger partial charge < -0.3 is 20.3 Å². The second kappa shape index (κ2) is 8.29. The van der Waals surface area contributed by atoms with E-state index in [1.165, 1.54) is 0 Å². The van der Waals surface area contributed by atoms with E-state index in [1.807, 2.05) is 41.5 Å². The van der Waals surface area contributed by atoms with Gasteiger partial charge in [0, 0.05) is 30.8 Å². The van der Waals surface area contributed by atoms with Gasteiger partial charge in [-0.25, -0.2) is 4.79 Å². The van der Waals surface area contributed by atoms with E-state index in [-0.39, 0.29) is 23.3 Å². The molecule has 0 aliphatic rings. The molecule has 0 saturated heterocycles. The van der Waals surface area contributed by atoms with E-state index in [4.69, 9.17) is 4.52 Å². The Morgan fingerprint density at radius 2 is 1.91 bits per heavy atom. The number of carbonyl (C=O) groups is 1. The Labute approximate surface area is 138 Å². The SMILES string of the molecule is CC(C)c1noc(CCNC(=O)NCC(C)(C)C(O)C(C)C)n1. The molecule has 0 aromatic carbocycles. The Kier molecular flexibility index (Phi) is 7.00. The number of nitrogens with one attached hydrogen (secondary N) is 2. The molecule has 1 aromatic rings. The molecule has 0 fully saturated rings. The molecule has 1 unspecified atom stereocenters. The third-order valence-electron chi connectivity index (χ3n) is 3.76. The minimum atomic E-state index is -0.476. The predicted octanol–water partition coefficient (Wildman–Crippen LogP) is 2.08. The summed E-state index contributed by atoms with van der Waals surface area (Å²) in [6, 6.07) is -0.266. The van der Waals surface area contributed by atoms with Crippen molar-refractivity contribution in [1.82, 2.24) is 20.8 Å². The first kappa shape index (κ1) is 19.4. The summed E-state index contributed by atoms with van der Waals surface area (Å²) in [5.74, 6) is 1.55. The molecule has 7 heteroatoms. The van der Waals surface area contributed by atoms with Crippen molar-refractivity contribution in [3.8, 4) is 0 Å². The Morgan fingerprint density at radius 3 is 2.43 bits per heavy atom. The van der Waals surface area contributed by atoms with Crippen LogP contribution in [0.15, 0.2) is 4.52 Å². The first-order chi connectivity index (χ1) is 10.6. The molecule has 23 heavy (non-hydrogen) atoms. The number of amides is 2. The maximum Gasteiger partial charge on any atom is 0.314 e. The minimum absolute atomic E-state index is 0.141. The maximum atomic E-state index is 11.8. The molecule has 3 N–H and O–H groups in total. The molecule has 2 amide bonds. The van der Waals surface area contributed by atoms with Crippen molar-refractivity contribution < 1.29 is 14.4 Å². The standard InChI is InChI=1S/C16H30N4O3/c1-10(2)13(21)16(5,6)9-18-15(22)17-8-7-12-19-14(11(3)4)20-23-12/h10-11,13,21H,7-9H2,1-6H3,(H2,17,18,22). The molecule has 0 aliphatic heterocycles. The zero-order valence-electron chi connectivity index (χ0n) is 15.0. The summed E-state index contributed by atoms with van der Waals surface area (Å²) in [7, 11) is 0. The van der Waals surface area contributed by atoms with Crippen molar-refractivity contribution in [2.45, 2.75) is 60.0 Å². The van der Waals surface area contributed by atoms with Crippen LogP contribution in [0.5, 0.6) is 0 Å². The highest BCUT2D eigenvalue weighted by Gasteiger charge is 2.30. The van der Waals surface area contributed by atoms with Crippen LogP contribution in [-0.2, 0) is 6.42 Å². The zero-order valence-corrected chi connectivity index (χ0v) is 15.0. The summed E-state index contributed by atoms with van der Waals surface area (Å²) in [4.78, 5) is 16.1. The highest BCUT2D eigenvalue weighted by atomic mass is 16.5. The van der Waals surface area contributed by atoms with E-state index in [1.54, 1.807) is 0 Å². The number of hydrogen-bond acceptors (Lipinski definition) is 5. The molecule has 1 atom stereocenters. The Hall–Kier alpha value is -1.63. The van der Waals surface area contributed by atoms with Crippen LogP contribution >= 0.6 is 0 Å². The second-order valence-electron chi connectivity index (χ2n) is 7.24. The summed E-state index contributed by atoms with van der Waals surface area (Å²) >= 11 is 0. The summed E-state index contributed by atoms with van der Waals surface area (Å²) in [6.45, 7) is 12.6. The van der Waals surface area contributed by atoms with Gasteiger partial charge in [-0.05, 0) is 5.92 Å². The molecule has 0 aliphatic carbocycles. The number of nitrogens with zero attached hydrogens (tertiary/aromatic N) is 2. The smallest absolute Gasteiger partial charge is 0.314 e. The fourth-order valence-electron chi connectivity index (χ4n) is 2.26. The van der Waals surface area contributed by atoms with E-state index in [0.717, 1.165) is 0 Å². The van der Waals surface area contributed by atoms with Gasteiger partial charge in [0.1, 0.15) is 0 Å². The van der Waals surface area contributed by atoms with Gasteiger partial charge in [-0.1, -0.05) is 46.7 Å². The predicted molar refractivity (Wildman–Crippen MR) is 88.1 cm³/mol. The molecule has 0 saturated carbocycles. The van der Waals surface area contributed by atoms with Crippen LogP contribution in [0.1, 0.15) is 59.2 Å². The van der Waals surface area contributed by atoms with Gasteiger partial charge >= 0.3 is 6.03 Å². The van der Waals surface area contributed by atoms with Crippen LogP contribution in [0.2, 0.25) is 0 Å². The number of aliphatic hydroxyl groups is 1. The van der Waals surface area contributed by atoms with Gasteiger partial charge in [0.2, 0.25) is 5.89 Å². The van der Waals surface area contributed by atoms with Gasteiger partial charge in [0.25, 0.3) is 0 Å². The van der Waals surface area contributed by atoms with Crippen molar-refractivity contribution in [1.29, 1.82) is 0 Å². The number of aromatic nitrogens is 2. The van der Waals surface area contributed by atoms with Crippen molar-refractivity contribution in [3.63, 3.8) is 0 Å². The average Bonchev–Trinajstić information content (AvgIpc) is 2.93. The fraction of sp³-hybridized carbons (Fsp3) is 0.812. The number of aliphatic hydroxyl groups excluding tert-OH is 1.